The van der Waals surface area contributed by atoms with Crippen LogP contribution in [0.1, 0.15) is 58.0 Å². The van der Waals surface area contributed by atoms with Crippen molar-refractivity contribution in [3.63, 3.8) is 0 Å². The third-order valence-electron chi connectivity index (χ3n) is 6.26. The first kappa shape index (κ1) is 26.7. The van der Waals surface area contributed by atoms with E-state index in [1.165, 1.54) is 0 Å². The van der Waals surface area contributed by atoms with Gasteiger partial charge in [-0.1, -0.05) is 62.0 Å². The molecule has 3 aromatic rings. The maximum absolute atomic E-state index is 13.2. The molecule has 0 aromatic heterocycles. The summed E-state index contributed by atoms with van der Waals surface area (Å²) in [5.41, 5.74) is 3.05. The first-order chi connectivity index (χ1) is 17.5. The fraction of sp³-hybridized carbons (Fsp3) is 0.290. The quantitative estimate of drug-likeness (QED) is 0.185. The maximum atomic E-state index is 13.2. The molecule has 0 aliphatic rings. The second-order valence-corrected chi connectivity index (χ2v) is 8.60. The lowest BCUT2D eigenvalue weighted by Gasteiger charge is -2.20. The van der Waals surface area contributed by atoms with Crippen LogP contribution in [0.5, 0.6) is 11.5 Å². The number of hydrogen-bond acceptors (Lipinski definition) is 5. The van der Waals surface area contributed by atoms with Crippen LogP contribution in [-0.2, 0) is 11.2 Å². The molecule has 0 saturated carbocycles. The van der Waals surface area contributed by atoms with Crippen molar-refractivity contribution in [2.24, 2.45) is 5.92 Å². The Bertz CT molecular complexity index is 1130. The SMILES string of the molecule is C=C(OCC(CCC(=O)c1ccccc1CC)CC(=O)c1ccccc1OC)c1ccccc1OC. The van der Waals surface area contributed by atoms with Crippen LogP contribution in [0.2, 0.25) is 0 Å². The Kier molecular flexibility index (Phi) is 9.87. The molecule has 188 valence electrons. The van der Waals surface area contributed by atoms with Gasteiger partial charge in [0.05, 0.1) is 32.0 Å². The van der Waals surface area contributed by atoms with Crippen molar-refractivity contribution in [2.75, 3.05) is 20.8 Å². The molecule has 5 nitrogen and oxygen atoms in total. The van der Waals surface area contributed by atoms with Crippen LogP contribution in [0, 0.1) is 5.92 Å². The highest BCUT2D eigenvalue weighted by molar-refractivity contribution is 5.99. The van der Waals surface area contributed by atoms with Crippen LogP contribution in [0.4, 0.5) is 0 Å². The summed E-state index contributed by atoms with van der Waals surface area (Å²) in [7, 11) is 3.15. The molecule has 0 fully saturated rings. The summed E-state index contributed by atoms with van der Waals surface area (Å²) < 4.78 is 16.8. The number of hydrogen-bond donors (Lipinski definition) is 0. The third-order valence-corrected chi connectivity index (χ3v) is 6.26. The molecule has 3 aromatic carbocycles. The number of ether oxygens (including phenoxy) is 3. The van der Waals surface area contributed by atoms with Gasteiger partial charge >= 0.3 is 0 Å². The second kappa shape index (κ2) is 13.3. The summed E-state index contributed by atoms with van der Waals surface area (Å²) >= 11 is 0. The van der Waals surface area contributed by atoms with E-state index in [-0.39, 0.29) is 30.5 Å². The summed E-state index contributed by atoms with van der Waals surface area (Å²) in [6, 6.07) is 22.3. The van der Waals surface area contributed by atoms with Gasteiger partial charge in [0.25, 0.3) is 0 Å². The van der Waals surface area contributed by atoms with Crippen molar-refractivity contribution < 1.29 is 23.8 Å². The zero-order chi connectivity index (χ0) is 25.9. The number of benzene rings is 3. The largest absolute Gasteiger partial charge is 0.496 e. The molecule has 3 rings (SSSR count). The third kappa shape index (κ3) is 6.85. The van der Waals surface area contributed by atoms with E-state index in [1.54, 1.807) is 26.4 Å². The van der Waals surface area contributed by atoms with Crippen LogP contribution in [0.15, 0.2) is 79.4 Å². The number of rotatable bonds is 14. The average Bonchev–Trinajstić information content (AvgIpc) is 2.93. The minimum Gasteiger partial charge on any atom is -0.496 e. The summed E-state index contributed by atoms with van der Waals surface area (Å²) in [4.78, 5) is 26.3. The Labute approximate surface area is 213 Å². The molecular weight excluding hydrogens is 452 g/mol. The van der Waals surface area contributed by atoms with E-state index in [0.29, 0.717) is 35.7 Å². The molecule has 0 N–H and O–H groups in total. The second-order valence-electron chi connectivity index (χ2n) is 8.60. The number of para-hydroxylation sites is 2. The van der Waals surface area contributed by atoms with Gasteiger partial charge in [-0.2, -0.15) is 0 Å². The van der Waals surface area contributed by atoms with Gasteiger partial charge in [0.1, 0.15) is 17.3 Å². The van der Waals surface area contributed by atoms with Gasteiger partial charge in [-0.3, -0.25) is 9.59 Å². The first-order valence-corrected chi connectivity index (χ1v) is 12.2. The van der Waals surface area contributed by atoms with Gasteiger partial charge in [0.2, 0.25) is 0 Å². The predicted molar refractivity (Wildman–Crippen MR) is 143 cm³/mol. The van der Waals surface area contributed by atoms with Crippen molar-refractivity contribution in [2.45, 2.75) is 32.6 Å². The average molecular weight is 487 g/mol. The van der Waals surface area contributed by atoms with Crippen LogP contribution < -0.4 is 9.47 Å². The fourth-order valence-corrected chi connectivity index (χ4v) is 4.23. The molecule has 0 spiro atoms. The van der Waals surface area contributed by atoms with Gasteiger partial charge in [-0.25, -0.2) is 0 Å². The Morgan fingerprint density at radius 2 is 1.33 bits per heavy atom. The van der Waals surface area contributed by atoms with Gasteiger partial charge in [-0.05, 0) is 42.7 Å². The molecule has 0 radical (unpaired) electrons. The van der Waals surface area contributed by atoms with Crippen LogP contribution in [-0.4, -0.2) is 32.4 Å². The molecular formula is C31H34O5. The normalized spacial score (nSPS) is 11.4. The molecule has 0 saturated heterocycles. The highest BCUT2D eigenvalue weighted by Crippen LogP contribution is 2.28. The van der Waals surface area contributed by atoms with Crippen molar-refractivity contribution in [3.05, 3.63) is 102 Å². The topological polar surface area (TPSA) is 61.8 Å². The van der Waals surface area contributed by atoms with Crippen molar-refractivity contribution >= 4 is 17.3 Å². The summed E-state index contributed by atoms with van der Waals surface area (Å²) in [5.74, 6) is 1.50. The van der Waals surface area contributed by atoms with Crippen LogP contribution >= 0.6 is 0 Å². The number of aryl methyl sites for hydroxylation is 1. The molecule has 0 amide bonds. The zero-order valence-electron chi connectivity index (χ0n) is 21.3. The van der Waals surface area contributed by atoms with Gasteiger partial charge in [0.15, 0.2) is 11.6 Å². The molecule has 0 heterocycles. The number of ketones is 2. The summed E-state index contributed by atoms with van der Waals surface area (Å²) in [6.45, 7) is 6.35. The lowest BCUT2D eigenvalue weighted by Crippen LogP contribution is -2.17. The molecule has 0 bridgehead atoms. The summed E-state index contributed by atoms with van der Waals surface area (Å²) in [5, 5.41) is 0. The van der Waals surface area contributed by atoms with Gasteiger partial charge in [-0.15, -0.1) is 0 Å². The van der Waals surface area contributed by atoms with E-state index < -0.39 is 0 Å². The molecule has 0 aliphatic heterocycles. The van der Waals surface area contributed by atoms with Gasteiger partial charge in [0, 0.05) is 24.3 Å². The molecule has 0 aliphatic carbocycles. The smallest absolute Gasteiger partial charge is 0.167 e. The van der Waals surface area contributed by atoms with Crippen LogP contribution in [0.3, 0.4) is 0 Å². The number of carbonyl (C=O) groups is 2. The van der Waals surface area contributed by atoms with E-state index in [0.717, 1.165) is 23.1 Å². The van der Waals surface area contributed by atoms with Crippen molar-refractivity contribution in [3.8, 4) is 11.5 Å². The number of carbonyl (C=O) groups excluding carboxylic acids is 2. The standard InChI is InChI=1S/C31H34O5/c1-5-24-12-6-7-14-26(24)28(32)19-18-23(20-29(33)27-15-9-11-17-31(27)35-4)21-36-22(2)25-13-8-10-16-30(25)34-3/h6-17,23H,2,5,18-21H2,1,3-4H3. The Balaban J connectivity index is 1.75. The van der Waals surface area contributed by atoms with E-state index in [4.69, 9.17) is 14.2 Å². The monoisotopic (exact) mass is 486 g/mol. The number of Topliss-reactive ketones (excluding diaryl/α,β-unsaturated/α-hetero) is 2. The van der Waals surface area contributed by atoms with E-state index in [1.807, 2.05) is 67.6 Å². The molecule has 5 heteroatoms. The Hall–Kier alpha value is -3.86. The molecule has 36 heavy (non-hydrogen) atoms. The predicted octanol–water partition coefficient (Wildman–Crippen LogP) is 6.81. The molecule has 1 atom stereocenters. The summed E-state index contributed by atoms with van der Waals surface area (Å²) in [6.07, 6.45) is 1.85. The minimum absolute atomic E-state index is 0.0506. The van der Waals surface area contributed by atoms with Gasteiger partial charge < -0.3 is 14.2 Å². The highest BCUT2D eigenvalue weighted by atomic mass is 16.5. The lowest BCUT2D eigenvalue weighted by molar-refractivity contribution is 0.0897. The Morgan fingerprint density at radius 3 is 1.97 bits per heavy atom. The van der Waals surface area contributed by atoms with E-state index in [2.05, 4.69) is 6.58 Å². The lowest BCUT2D eigenvalue weighted by atomic mass is 9.91. The van der Waals surface area contributed by atoms with Crippen molar-refractivity contribution in [1.29, 1.82) is 0 Å². The van der Waals surface area contributed by atoms with E-state index in [9.17, 15) is 9.59 Å². The molecule has 1 unspecified atom stereocenters. The van der Waals surface area contributed by atoms with Crippen molar-refractivity contribution in [1.82, 2.24) is 0 Å². The Morgan fingerprint density at radius 1 is 0.778 bits per heavy atom. The maximum Gasteiger partial charge on any atom is 0.167 e. The first-order valence-electron chi connectivity index (χ1n) is 12.2. The van der Waals surface area contributed by atoms with Crippen LogP contribution in [0.25, 0.3) is 5.76 Å². The van der Waals surface area contributed by atoms with E-state index >= 15 is 0 Å². The zero-order valence-corrected chi connectivity index (χ0v) is 21.3. The number of methoxy groups -OCH3 is 2. The fourth-order valence-electron chi connectivity index (χ4n) is 4.23. The highest BCUT2D eigenvalue weighted by Gasteiger charge is 2.21. The minimum atomic E-state index is -0.188.